The Kier molecular flexibility index (Phi) is 9.97. The SMILES string of the molecule is C=C(/C=C/C=C1/N(CCC(C)C)c2cc3ccccc3cc2C1(C)Cc1ccccc1)C(C)(Cc1ccccc1)c1cc(OC)ccc1C. The molecule has 0 aromatic heterocycles. The fourth-order valence-corrected chi connectivity index (χ4v) is 7.70. The van der Waals surface area contributed by atoms with Crippen LogP contribution >= 0.6 is 0 Å². The number of benzene rings is 5. The van der Waals surface area contributed by atoms with Crippen molar-refractivity contribution in [3.8, 4) is 5.75 Å². The molecule has 5 aromatic rings. The summed E-state index contributed by atoms with van der Waals surface area (Å²) in [6.07, 6.45) is 9.76. The Morgan fingerprint density at radius 3 is 2.14 bits per heavy atom. The zero-order valence-electron chi connectivity index (χ0n) is 30.2. The van der Waals surface area contributed by atoms with Gasteiger partial charge in [0.1, 0.15) is 5.75 Å². The zero-order chi connectivity index (χ0) is 34.6. The standard InChI is InChI=1S/C47H51NO/c1-34(2)27-28-48-44-30-40-23-15-14-22-39(40)29-43(44)47(6,33-38-20-12-9-13-21-38)45(48)24-16-17-36(4)46(5,32-37-18-10-8-11-19-37)42-31-41(49-7)26-25-35(42)3/h8-26,29-31,34H,4,27-28,32-33H2,1-3,5-7H3/b17-16+,45-24+. The molecule has 0 spiro atoms. The quantitative estimate of drug-likeness (QED) is 0.125. The fourth-order valence-electron chi connectivity index (χ4n) is 7.70. The van der Waals surface area contributed by atoms with Crippen LogP contribution in [0.25, 0.3) is 10.8 Å². The second kappa shape index (κ2) is 14.3. The minimum atomic E-state index is -0.337. The molecule has 1 heterocycles. The molecule has 5 aromatic carbocycles. The van der Waals surface area contributed by atoms with E-state index in [-0.39, 0.29) is 10.8 Å². The van der Waals surface area contributed by atoms with Crippen molar-refractivity contribution in [2.45, 2.75) is 64.7 Å². The number of rotatable bonds is 12. The van der Waals surface area contributed by atoms with Crippen LogP contribution in [0.4, 0.5) is 5.69 Å². The average molecular weight is 646 g/mol. The van der Waals surface area contributed by atoms with Gasteiger partial charge in [0.15, 0.2) is 0 Å². The van der Waals surface area contributed by atoms with Crippen LogP contribution in [0, 0.1) is 12.8 Å². The Morgan fingerprint density at radius 2 is 1.49 bits per heavy atom. The first-order valence-electron chi connectivity index (χ1n) is 17.7. The maximum atomic E-state index is 5.70. The van der Waals surface area contributed by atoms with Crippen molar-refractivity contribution < 1.29 is 4.74 Å². The summed E-state index contributed by atoms with van der Waals surface area (Å²) in [6, 6.07) is 41.8. The summed E-state index contributed by atoms with van der Waals surface area (Å²) in [7, 11) is 1.74. The third kappa shape index (κ3) is 7.01. The van der Waals surface area contributed by atoms with Crippen molar-refractivity contribution in [2.24, 2.45) is 5.92 Å². The molecule has 0 fully saturated rings. The third-order valence-electron chi connectivity index (χ3n) is 10.6. The van der Waals surface area contributed by atoms with Crippen molar-refractivity contribution in [1.82, 2.24) is 0 Å². The highest BCUT2D eigenvalue weighted by Gasteiger charge is 2.43. The molecule has 1 aliphatic heterocycles. The van der Waals surface area contributed by atoms with Gasteiger partial charge < -0.3 is 9.64 Å². The summed E-state index contributed by atoms with van der Waals surface area (Å²) in [6.45, 7) is 17.3. The number of methoxy groups -OCH3 is 1. The van der Waals surface area contributed by atoms with Crippen molar-refractivity contribution in [1.29, 1.82) is 0 Å². The molecule has 250 valence electrons. The second-order valence-corrected chi connectivity index (χ2v) is 14.7. The monoisotopic (exact) mass is 645 g/mol. The summed E-state index contributed by atoms with van der Waals surface area (Å²) < 4.78 is 5.70. The van der Waals surface area contributed by atoms with Gasteiger partial charge in [-0.3, -0.25) is 0 Å². The van der Waals surface area contributed by atoms with E-state index in [0.29, 0.717) is 5.92 Å². The minimum absolute atomic E-state index is 0.208. The topological polar surface area (TPSA) is 12.5 Å². The lowest BCUT2D eigenvalue weighted by Gasteiger charge is -2.33. The molecule has 0 N–H and O–H groups in total. The van der Waals surface area contributed by atoms with E-state index < -0.39 is 0 Å². The molecular formula is C47H51NO. The number of anilines is 1. The van der Waals surface area contributed by atoms with Crippen LogP contribution < -0.4 is 9.64 Å². The minimum Gasteiger partial charge on any atom is -0.497 e. The molecule has 2 unspecified atom stereocenters. The number of aryl methyl sites for hydroxylation is 1. The lowest BCUT2D eigenvalue weighted by Crippen LogP contribution is -2.31. The number of hydrogen-bond acceptors (Lipinski definition) is 2. The van der Waals surface area contributed by atoms with E-state index in [9.17, 15) is 0 Å². The number of allylic oxidation sites excluding steroid dienone is 5. The summed E-state index contributed by atoms with van der Waals surface area (Å²) in [5.74, 6) is 1.47. The summed E-state index contributed by atoms with van der Waals surface area (Å²) in [5, 5.41) is 2.58. The predicted octanol–water partition coefficient (Wildman–Crippen LogP) is 11.7. The molecule has 2 heteroatoms. The Balaban J connectivity index is 1.46. The molecule has 1 aliphatic rings. The maximum Gasteiger partial charge on any atom is 0.119 e. The van der Waals surface area contributed by atoms with Crippen molar-refractivity contribution in [2.75, 3.05) is 18.6 Å². The van der Waals surface area contributed by atoms with Gasteiger partial charge >= 0.3 is 0 Å². The number of nitrogens with zero attached hydrogens (tertiary/aromatic N) is 1. The highest BCUT2D eigenvalue weighted by molar-refractivity contribution is 5.90. The lowest BCUT2D eigenvalue weighted by molar-refractivity contribution is 0.412. The van der Waals surface area contributed by atoms with Gasteiger partial charge in [0, 0.05) is 28.8 Å². The Morgan fingerprint density at radius 1 is 0.857 bits per heavy atom. The first kappa shape index (κ1) is 34.1. The van der Waals surface area contributed by atoms with E-state index >= 15 is 0 Å². The van der Waals surface area contributed by atoms with E-state index in [4.69, 9.17) is 11.3 Å². The Bertz CT molecular complexity index is 1990. The fraction of sp³-hybridized carbons (Fsp3) is 0.277. The van der Waals surface area contributed by atoms with Crippen LogP contribution in [0.1, 0.15) is 61.9 Å². The highest BCUT2D eigenvalue weighted by atomic mass is 16.5. The van der Waals surface area contributed by atoms with Gasteiger partial charge in [-0.1, -0.05) is 130 Å². The van der Waals surface area contributed by atoms with E-state index in [0.717, 1.165) is 37.1 Å². The zero-order valence-corrected chi connectivity index (χ0v) is 30.2. The first-order valence-corrected chi connectivity index (χ1v) is 17.7. The maximum absolute atomic E-state index is 5.70. The van der Waals surface area contributed by atoms with E-state index in [1.165, 1.54) is 50.0 Å². The number of ether oxygens (including phenoxy) is 1. The van der Waals surface area contributed by atoms with E-state index in [2.05, 4.69) is 167 Å². The number of fused-ring (bicyclic) bond motifs is 2. The predicted molar refractivity (Wildman–Crippen MR) is 210 cm³/mol. The van der Waals surface area contributed by atoms with Gasteiger partial charge in [-0.05, 0) is 114 Å². The lowest BCUT2D eigenvalue weighted by atomic mass is 9.70. The van der Waals surface area contributed by atoms with Crippen LogP contribution in [-0.2, 0) is 23.7 Å². The van der Waals surface area contributed by atoms with E-state index in [1.807, 2.05) is 6.07 Å². The second-order valence-electron chi connectivity index (χ2n) is 14.7. The van der Waals surface area contributed by atoms with Crippen LogP contribution in [-0.4, -0.2) is 13.7 Å². The van der Waals surface area contributed by atoms with Gasteiger partial charge in [-0.2, -0.15) is 0 Å². The molecule has 0 amide bonds. The van der Waals surface area contributed by atoms with Gasteiger partial charge in [-0.15, -0.1) is 0 Å². The van der Waals surface area contributed by atoms with Crippen molar-refractivity contribution in [3.63, 3.8) is 0 Å². The Labute approximate surface area is 294 Å². The molecule has 0 saturated heterocycles. The molecule has 0 saturated carbocycles. The van der Waals surface area contributed by atoms with Crippen LogP contribution in [0.15, 0.2) is 151 Å². The molecular weight excluding hydrogens is 595 g/mol. The molecule has 0 radical (unpaired) electrons. The molecule has 2 atom stereocenters. The molecule has 0 bridgehead atoms. The summed E-state index contributed by atoms with van der Waals surface area (Å²) in [5.41, 5.74) is 9.71. The van der Waals surface area contributed by atoms with Crippen molar-refractivity contribution in [3.05, 3.63) is 179 Å². The van der Waals surface area contributed by atoms with Crippen LogP contribution in [0.5, 0.6) is 5.75 Å². The average Bonchev–Trinajstić information content (AvgIpc) is 3.32. The van der Waals surface area contributed by atoms with E-state index in [1.54, 1.807) is 7.11 Å². The highest BCUT2D eigenvalue weighted by Crippen LogP contribution is 2.51. The van der Waals surface area contributed by atoms with Crippen LogP contribution in [0.2, 0.25) is 0 Å². The third-order valence-corrected chi connectivity index (χ3v) is 10.6. The van der Waals surface area contributed by atoms with Crippen molar-refractivity contribution >= 4 is 16.5 Å². The Hall–Kier alpha value is -4.82. The molecule has 6 rings (SSSR count). The van der Waals surface area contributed by atoms with Gasteiger partial charge in [-0.25, -0.2) is 0 Å². The normalized spacial score (nSPS) is 17.9. The smallest absolute Gasteiger partial charge is 0.119 e. The van der Waals surface area contributed by atoms with Gasteiger partial charge in [0.2, 0.25) is 0 Å². The van der Waals surface area contributed by atoms with Gasteiger partial charge in [0.25, 0.3) is 0 Å². The van der Waals surface area contributed by atoms with Gasteiger partial charge in [0.05, 0.1) is 7.11 Å². The van der Waals surface area contributed by atoms with Crippen LogP contribution in [0.3, 0.4) is 0 Å². The summed E-state index contributed by atoms with van der Waals surface area (Å²) in [4.78, 5) is 2.60. The largest absolute Gasteiger partial charge is 0.497 e. The summed E-state index contributed by atoms with van der Waals surface area (Å²) >= 11 is 0. The number of hydrogen-bond donors (Lipinski definition) is 0. The molecule has 49 heavy (non-hydrogen) atoms. The molecule has 0 aliphatic carbocycles. The molecule has 2 nitrogen and oxygen atoms in total. The first-order chi connectivity index (χ1) is 23.6.